The number of amides is 1. The van der Waals surface area contributed by atoms with Crippen molar-refractivity contribution < 1.29 is 4.79 Å². The number of amidine groups is 1. The van der Waals surface area contributed by atoms with Gasteiger partial charge in [0, 0.05) is 32.8 Å². The van der Waals surface area contributed by atoms with E-state index in [2.05, 4.69) is 22.3 Å². The van der Waals surface area contributed by atoms with E-state index in [4.69, 9.17) is 0 Å². The van der Waals surface area contributed by atoms with E-state index in [1.807, 2.05) is 25.1 Å². The summed E-state index contributed by atoms with van der Waals surface area (Å²) in [7, 11) is 6.05. The Labute approximate surface area is 121 Å². The first kappa shape index (κ1) is 15.0. The number of carbonyl (C=O) groups excluding carboxylic acids is 1. The Morgan fingerprint density at radius 3 is 2.75 bits per heavy atom. The molecule has 1 heterocycles. The maximum absolute atomic E-state index is 12.1. The van der Waals surface area contributed by atoms with Crippen molar-refractivity contribution >= 4 is 11.7 Å². The average Bonchev–Trinajstić information content (AvgIpc) is 2.34. The van der Waals surface area contributed by atoms with Gasteiger partial charge in [0.1, 0.15) is 5.84 Å². The number of carbonyl (C=O) groups is 1. The fraction of sp³-hybridized carbons (Fsp3) is 0.733. The molecule has 1 aliphatic heterocycles. The first-order chi connectivity index (χ1) is 9.53. The molecule has 0 spiro atoms. The van der Waals surface area contributed by atoms with Gasteiger partial charge in [0.05, 0.1) is 5.54 Å². The second kappa shape index (κ2) is 6.39. The predicted octanol–water partition coefficient (Wildman–Crippen LogP) is 0.877. The zero-order valence-corrected chi connectivity index (χ0v) is 12.9. The smallest absolute Gasteiger partial charge is 0.244 e. The summed E-state index contributed by atoms with van der Waals surface area (Å²) in [5, 5.41) is 3.19. The van der Waals surface area contributed by atoms with Gasteiger partial charge in [-0.1, -0.05) is 6.08 Å². The summed E-state index contributed by atoms with van der Waals surface area (Å²) >= 11 is 0. The number of aliphatic imine (C=N–C) groups is 1. The molecule has 112 valence electrons. The van der Waals surface area contributed by atoms with E-state index in [1.54, 1.807) is 6.08 Å². The van der Waals surface area contributed by atoms with Gasteiger partial charge in [-0.3, -0.25) is 9.79 Å². The second-order valence-corrected chi connectivity index (χ2v) is 6.07. The van der Waals surface area contributed by atoms with Crippen LogP contribution in [0.1, 0.15) is 25.7 Å². The molecule has 1 aliphatic carbocycles. The maximum Gasteiger partial charge on any atom is 0.244 e. The quantitative estimate of drug-likeness (QED) is 0.759. The van der Waals surface area contributed by atoms with Crippen LogP contribution in [0.15, 0.2) is 17.1 Å². The van der Waals surface area contributed by atoms with Gasteiger partial charge in [0.25, 0.3) is 0 Å². The Morgan fingerprint density at radius 1 is 1.45 bits per heavy atom. The highest BCUT2D eigenvalue weighted by molar-refractivity contribution is 5.98. The average molecular weight is 278 g/mol. The van der Waals surface area contributed by atoms with E-state index < -0.39 is 0 Å². The summed E-state index contributed by atoms with van der Waals surface area (Å²) in [6, 6.07) is 0. The van der Waals surface area contributed by atoms with Crippen molar-refractivity contribution in [2.45, 2.75) is 31.2 Å². The molecule has 0 unspecified atom stereocenters. The topological polar surface area (TPSA) is 47.9 Å². The van der Waals surface area contributed by atoms with Crippen molar-refractivity contribution in [3.05, 3.63) is 12.2 Å². The van der Waals surface area contributed by atoms with Crippen LogP contribution in [-0.4, -0.2) is 67.9 Å². The first-order valence-corrected chi connectivity index (χ1v) is 7.43. The number of nitrogens with one attached hydrogen (secondary N) is 1. The SMILES string of the molecule is CN(C)C/C=C/C(=O)NC1(C2=NCCCN2C)CCC1. The molecule has 1 amide bonds. The van der Waals surface area contributed by atoms with Crippen LogP contribution >= 0.6 is 0 Å². The molecule has 1 fully saturated rings. The van der Waals surface area contributed by atoms with Crippen LogP contribution in [0.2, 0.25) is 0 Å². The van der Waals surface area contributed by atoms with Crippen molar-refractivity contribution in [1.82, 2.24) is 15.1 Å². The zero-order chi connectivity index (χ0) is 14.6. The highest BCUT2D eigenvalue weighted by Crippen LogP contribution is 2.35. The van der Waals surface area contributed by atoms with Crippen LogP contribution in [0.5, 0.6) is 0 Å². The maximum atomic E-state index is 12.1. The Balaban J connectivity index is 1.99. The van der Waals surface area contributed by atoms with Crippen LogP contribution in [-0.2, 0) is 4.79 Å². The predicted molar refractivity (Wildman–Crippen MR) is 82.0 cm³/mol. The molecule has 5 nitrogen and oxygen atoms in total. The molecule has 0 saturated heterocycles. The molecule has 0 atom stereocenters. The summed E-state index contributed by atoms with van der Waals surface area (Å²) in [6.07, 6.45) is 7.81. The van der Waals surface area contributed by atoms with E-state index in [-0.39, 0.29) is 11.4 Å². The van der Waals surface area contributed by atoms with Crippen LogP contribution in [0.4, 0.5) is 0 Å². The molecule has 0 aromatic carbocycles. The molecule has 1 N–H and O–H groups in total. The van der Waals surface area contributed by atoms with Crippen LogP contribution < -0.4 is 5.32 Å². The summed E-state index contributed by atoms with van der Waals surface area (Å²) in [4.78, 5) is 21.0. The number of likely N-dealkylation sites (N-methyl/N-ethyl adjacent to an activating group) is 2. The molecular formula is C15H26N4O. The van der Waals surface area contributed by atoms with Gasteiger partial charge >= 0.3 is 0 Å². The monoisotopic (exact) mass is 278 g/mol. The fourth-order valence-corrected chi connectivity index (χ4v) is 2.82. The van der Waals surface area contributed by atoms with Gasteiger partial charge < -0.3 is 15.1 Å². The largest absolute Gasteiger partial charge is 0.361 e. The van der Waals surface area contributed by atoms with Crippen molar-refractivity contribution in [3.63, 3.8) is 0 Å². The lowest BCUT2D eigenvalue weighted by molar-refractivity contribution is -0.118. The number of rotatable bonds is 5. The summed E-state index contributed by atoms with van der Waals surface area (Å²) in [6.45, 7) is 2.70. The number of hydrogen-bond donors (Lipinski definition) is 1. The summed E-state index contributed by atoms with van der Waals surface area (Å²) in [5.41, 5.74) is -0.214. The zero-order valence-electron chi connectivity index (χ0n) is 12.9. The van der Waals surface area contributed by atoms with Gasteiger partial charge in [0.2, 0.25) is 5.91 Å². The minimum absolute atomic E-state index is 0.00627. The van der Waals surface area contributed by atoms with Crippen LogP contribution in [0.25, 0.3) is 0 Å². The van der Waals surface area contributed by atoms with Gasteiger partial charge in [0.15, 0.2) is 0 Å². The molecule has 5 heteroatoms. The molecule has 0 radical (unpaired) electrons. The lowest BCUT2D eigenvalue weighted by Gasteiger charge is -2.47. The Kier molecular flexibility index (Phi) is 4.81. The Hall–Kier alpha value is -1.36. The molecule has 2 aliphatic rings. The highest BCUT2D eigenvalue weighted by atomic mass is 16.1. The van der Waals surface area contributed by atoms with E-state index in [0.717, 1.165) is 51.2 Å². The van der Waals surface area contributed by atoms with Crippen LogP contribution in [0.3, 0.4) is 0 Å². The van der Waals surface area contributed by atoms with Crippen molar-refractivity contribution in [1.29, 1.82) is 0 Å². The minimum atomic E-state index is -0.214. The third-order valence-electron chi connectivity index (χ3n) is 4.01. The van der Waals surface area contributed by atoms with E-state index >= 15 is 0 Å². The third kappa shape index (κ3) is 3.39. The summed E-state index contributed by atoms with van der Waals surface area (Å²) < 4.78 is 0. The van der Waals surface area contributed by atoms with E-state index in [1.165, 1.54) is 0 Å². The molecule has 1 saturated carbocycles. The Morgan fingerprint density at radius 2 is 2.20 bits per heavy atom. The first-order valence-electron chi connectivity index (χ1n) is 7.43. The van der Waals surface area contributed by atoms with Gasteiger partial charge in [-0.25, -0.2) is 0 Å². The van der Waals surface area contributed by atoms with Gasteiger partial charge in [-0.2, -0.15) is 0 Å². The van der Waals surface area contributed by atoms with Crippen LogP contribution in [0, 0.1) is 0 Å². The normalized spacial score (nSPS) is 21.8. The highest BCUT2D eigenvalue weighted by Gasteiger charge is 2.44. The van der Waals surface area contributed by atoms with E-state index in [9.17, 15) is 4.79 Å². The van der Waals surface area contributed by atoms with Gasteiger partial charge in [-0.15, -0.1) is 0 Å². The summed E-state index contributed by atoms with van der Waals surface area (Å²) in [5.74, 6) is 1.07. The van der Waals surface area contributed by atoms with E-state index in [0.29, 0.717) is 0 Å². The third-order valence-corrected chi connectivity index (χ3v) is 4.01. The van der Waals surface area contributed by atoms with Crippen molar-refractivity contribution in [2.75, 3.05) is 40.8 Å². The molecule has 0 aromatic rings. The van der Waals surface area contributed by atoms with Crippen molar-refractivity contribution in [3.8, 4) is 0 Å². The number of nitrogens with zero attached hydrogens (tertiary/aromatic N) is 3. The lowest BCUT2D eigenvalue weighted by Crippen LogP contribution is -2.63. The van der Waals surface area contributed by atoms with Gasteiger partial charge in [-0.05, 0) is 39.8 Å². The minimum Gasteiger partial charge on any atom is -0.361 e. The number of hydrogen-bond acceptors (Lipinski definition) is 4. The molecule has 0 bridgehead atoms. The van der Waals surface area contributed by atoms with Crippen molar-refractivity contribution in [2.24, 2.45) is 4.99 Å². The molecular weight excluding hydrogens is 252 g/mol. The molecule has 20 heavy (non-hydrogen) atoms. The Bertz CT molecular complexity index is 410. The second-order valence-electron chi connectivity index (χ2n) is 6.07. The lowest BCUT2D eigenvalue weighted by atomic mass is 9.74. The fourth-order valence-electron chi connectivity index (χ4n) is 2.82. The molecule has 0 aromatic heterocycles. The standard InChI is InChI=1S/C15H26N4O/c1-18(2)11-4-7-13(20)17-15(8-5-9-15)14-16-10-6-12-19(14)3/h4,7H,5-6,8-12H2,1-3H3,(H,17,20)/b7-4+. The molecule has 2 rings (SSSR count).